The number of benzene rings is 3. The molecule has 0 heterocycles. The molecule has 0 saturated heterocycles. The van der Waals surface area contributed by atoms with Crippen LogP contribution in [-0.2, 0) is 0 Å². The monoisotopic (exact) mass is 660 g/mol. The van der Waals surface area contributed by atoms with E-state index in [0.717, 1.165) is 11.1 Å². The van der Waals surface area contributed by atoms with Crippen molar-refractivity contribution >= 4 is 212 Å². The van der Waals surface area contributed by atoms with Crippen LogP contribution in [0.1, 0.15) is 0 Å². The summed E-state index contributed by atoms with van der Waals surface area (Å²) in [6, 6.07) is 17.2. The Balaban J connectivity index is -0.0000000940. The van der Waals surface area contributed by atoms with Crippen LogP contribution in [0, 0.1) is 11.1 Å². The molecule has 0 aromatic heterocycles. The van der Waals surface area contributed by atoms with E-state index in [9.17, 15) is 10.2 Å². The van der Waals surface area contributed by atoms with Crippen LogP contribution in [0.4, 0.5) is 4.79 Å². The van der Waals surface area contributed by atoms with E-state index in [1.54, 1.807) is 6.07 Å². The molecule has 3 rings (SSSR count). The molecule has 0 unspecified atom stereocenters. The molecular weight excluding hydrogens is 642 g/mol. The van der Waals surface area contributed by atoms with E-state index in [1.165, 1.54) is 0 Å². The van der Waals surface area contributed by atoms with Crippen molar-refractivity contribution in [2.75, 3.05) is 0 Å². The van der Waals surface area contributed by atoms with Gasteiger partial charge in [0.15, 0.2) is 5.75 Å². The van der Waals surface area contributed by atoms with E-state index in [0.29, 0.717) is 5.75 Å². The summed E-state index contributed by atoms with van der Waals surface area (Å²) in [5, 5.41) is 32.5. The van der Waals surface area contributed by atoms with Crippen LogP contribution in [0.2, 0.25) is 25.1 Å². The third-order valence-electron chi connectivity index (χ3n) is 3.18. The predicted molar refractivity (Wildman–Crippen MR) is 161 cm³/mol. The number of hydrogen-bond donors (Lipinski definition) is 6. The predicted octanol–water partition coefficient (Wildman–Crippen LogP) is 4.81. The normalized spacial score (nSPS) is 7.70. The van der Waals surface area contributed by atoms with Crippen molar-refractivity contribution in [1.82, 2.24) is 4.91 Å². The second-order valence-electron chi connectivity index (χ2n) is 5.20. The van der Waals surface area contributed by atoms with E-state index < -0.39 is 6.16 Å². The number of nitrogens with zero attached hydrogens (tertiary/aromatic N) is 1. The molecule has 8 nitrogen and oxygen atoms in total. The molecule has 0 atom stereocenters. The summed E-state index contributed by atoms with van der Waals surface area (Å²) in [5.74, 6) is -0.0357. The number of nitrogens with one attached hydrogen (secondary N) is 2. The molecule has 0 saturated carbocycles. The van der Waals surface area contributed by atoms with Gasteiger partial charge in [-0.25, -0.2) is 4.79 Å². The summed E-state index contributed by atoms with van der Waals surface area (Å²) in [7, 11) is 0. The number of rotatable bonds is 1. The molecule has 3 aromatic rings. The van der Waals surface area contributed by atoms with Gasteiger partial charge in [-0.2, -0.15) is 0 Å². The summed E-state index contributed by atoms with van der Waals surface area (Å²) >= 11 is 27.9. The quantitative estimate of drug-likeness (QED) is 0.0724. The molecule has 0 spiro atoms. The maximum atomic E-state index is 9.56. The van der Waals surface area contributed by atoms with Gasteiger partial charge in [0.2, 0.25) is 4.91 Å². The van der Waals surface area contributed by atoms with E-state index >= 15 is 0 Å². The first kappa shape index (κ1) is 52.0. The zero-order chi connectivity index (χ0) is 24.8. The van der Waals surface area contributed by atoms with Gasteiger partial charge in [0.1, 0.15) is 26.9 Å². The van der Waals surface area contributed by atoms with Crippen LogP contribution in [0.5, 0.6) is 11.5 Å². The molecule has 0 radical (unpaired) electrons. The molecule has 3 aromatic carbocycles. The van der Waals surface area contributed by atoms with Gasteiger partial charge < -0.3 is 20.4 Å². The van der Waals surface area contributed by atoms with Crippen LogP contribution < -0.4 is 4.91 Å². The van der Waals surface area contributed by atoms with Crippen molar-refractivity contribution in [1.29, 1.82) is 11.1 Å². The molecular formula is C19H20Cl5N3Na5O5+. The molecule has 6 N–H and O–H groups in total. The van der Waals surface area contributed by atoms with Crippen molar-refractivity contribution in [2.45, 2.75) is 0 Å². The average molecular weight is 663 g/mol. The van der Waals surface area contributed by atoms with E-state index in [1.807, 2.05) is 53.4 Å². The van der Waals surface area contributed by atoms with Gasteiger partial charge in [-0.05, 0) is 11.6 Å². The summed E-state index contributed by atoms with van der Waals surface area (Å²) < 4.78 is 0. The molecule has 0 aliphatic carbocycles. The number of hydrogen-bond acceptors (Lipinski definition) is 5. The van der Waals surface area contributed by atoms with Crippen molar-refractivity contribution in [3.63, 3.8) is 0 Å². The number of para-hydroxylation sites is 1. The fourth-order valence-corrected chi connectivity index (χ4v) is 3.06. The molecule has 180 valence electrons. The van der Waals surface area contributed by atoms with Crippen LogP contribution in [0.3, 0.4) is 0 Å². The Morgan fingerprint density at radius 3 is 1.27 bits per heavy atom. The number of phenolic OH excluding ortho intramolecular Hbond substituents is 2. The van der Waals surface area contributed by atoms with Gasteiger partial charge in [0.05, 0.1) is 15.1 Å². The number of phenols is 2. The SMILES string of the molecule is N=[N+]=N.O=C(O)O.Oc1c(Cl)c(Cl)c(Cl)c(Cl)c1Cl.Oc1ccccc1-c1ccccc1.[NaH].[NaH].[NaH].[NaH].[NaH]. The number of carboxylic acid groups (broad SMARTS) is 2. The minimum atomic E-state index is -1.83. The van der Waals surface area contributed by atoms with Crippen LogP contribution in [-0.4, -0.2) is 174 Å². The fourth-order valence-electron chi connectivity index (χ4n) is 1.93. The average Bonchev–Trinajstić information content (AvgIpc) is 2.76. The van der Waals surface area contributed by atoms with Crippen LogP contribution >= 0.6 is 58.0 Å². The third-order valence-corrected chi connectivity index (χ3v) is 5.43. The minimum absolute atomic E-state index is 0. The van der Waals surface area contributed by atoms with Gasteiger partial charge in [0.25, 0.3) is 0 Å². The van der Waals surface area contributed by atoms with Gasteiger partial charge in [-0.3, -0.25) is 0 Å². The van der Waals surface area contributed by atoms with Crippen molar-refractivity contribution in [2.24, 2.45) is 0 Å². The molecule has 37 heavy (non-hydrogen) atoms. The van der Waals surface area contributed by atoms with Crippen molar-refractivity contribution in [3.05, 3.63) is 79.7 Å². The standard InChI is InChI=1S/C12H10O.C6HCl5O.CH2O3.H2N3.5Na.5H/c13-12-9-5-4-8-11(12)10-6-2-1-3-7-10;7-1-2(8)4(10)6(12)5(11)3(1)9;2-1(3)4;1-3-2;;;;;;;;;;/h1-9,13H;12H;(H2,2,3,4);1-2H;;;;;;;;;;/q;;;+1;;;;;;;;;;. The number of carbonyl (C=O) groups is 1. The van der Waals surface area contributed by atoms with Gasteiger partial charge in [-0.15, -0.1) is 0 Å². The Morgan fingerprint density at radius 1 is 0.622 bits per heavy atom. The Kier molecular flexibility index (Phi) is 41.8. The van der Waals surface area contributed by atoms with Crippen LogP contribution in [0.15, 0.2) is 54.6 Å². The van der Waals surface area contributed by atoms with E-state index in [-0.39, 0.29) is 179 Å². The van der Waals surface area contributed by atoms with Crippen molar-refractivity contribution < 1.29 is 25.2 Å². The second kappa shape index (κ2) is 29.8. The summed E-state index contributed by atoms with van der Waals surface area (Å²) in [5.41, 5.74) is 12.9. The van der Waals surface area contributed by atoms with Gasteiger partial charge in [0, 0.05) is 5.56 Å². The molecule has 0 bridgehead atoms. The summed E-state index contributed by atoms with van der Waals surface area (Å²) in [4.78, 5) is 10.6. The van der Waals surface area contributed by atoms with E-state index in [2.05, 4.69) is 0 Å². The Hall–Kier alpha value is 2.29. The molecule has 0 amide bonds. The number of halogens is 5. The maximum absolute atomic E-state index is 9.56. The van der Waals surface area contributed by atoms with Gasteiger partial charge >= 0.3 is 154 Å². The number of aromatic hydroxyl groups is 2. The summed E-state index contributed by atoms with van der Waals surface area (Å²) in [6.07, 6.45) is -1.83. The zero-order valence-corrected chi connectivity index (χ0v) is 19.5. The second-order valence-corrected chi connectivity index (χ2v) is 7.09. The van der Waals surface area contributed by atoms with Crippen LogP contribution in [0.25, 0.3) is 11.1 Å². The van der Waals surface area contributed by atoms with E-state index in [4.69, 9.17) is 84.1 Å². The molecule has 0 fully saturated rings. The first-order valence-electron chi connectivity index (χ1n) is 7.98. The Morgan fingerprint density at radius 2 is 0.919 bits per heavy atom. The van der Waals surface area contributed by atoms with Crippen molar-refractivity contribution in [3.8, 4) is 22.6 Å². The Labute approximate surface area is 349 Å². The molecule has 18 heteroatoms. The first-order valence-corrected chi connectivity index (χ1v) is 9.87. The summed E-state index contributed by atoms with van der Waals surface area (Å²) in [6.45, 7) is 0. The Bertz CT molecular complexity index is 991. The van der Waals surface area contributed by atoms with Gasteiger partial charge in [-0.1, -0.05) is 107 Å². The first-order chi connectivity index (χ1) is 15.0. The fraction of sp³-hybridized carbons (Fsp3) is 0. The zero-order valence-electron chi connectivity index (χ0n) is 15.7. The molecule has 0 aliphatic rings. The topological polar surface area (TPSA) is 160 Å². The molecule has 0 aliphatic heterocycles. The third kappa shape index (κ3) is 20.8.